The molecule has 0 unspecified atom stereocenters. The zero-order valence-corrected chi connectivity index (χ0v) is 14.1. The van der Waals surface area contributed by atoms with E-state index in [1.54, 1.807) is 13.1 Å². The van der Waals surface area contributed by atoms with Crippen LogP contribution in [-0.4, -0.2) is 37.0 Å². The lowest BCUT2D eigenvalue weighted by molar-refractivity contribution is 0.0941. The van der Waals surface area contributed by atoms with E-state index in [4.69, 9.17) is 11.6 Å². The van der Waals surface area contributed by atoms with Gasteiger partial charge in [0.25, 0.3) is 11.5 Å². The molecule has 1 aromatic carbocycles. The molecule has 128 valence electrons. The molecule has 0 radical (unpaired) electrons. The smallest absolute Gasteiger partial charge is 0.291 e. The third-order valence-corrected chi connectivity index (χ3v) is 3.79. The minimum absolute atomic E-state index is 0.0224. The van der Waals surface area contributed by atoms with Gasteiger partial charge in [0.15, 0.2) is 0 Å². The van der Waals surface area contributed by atoms with Crippen LogP contribution in [0.1, 0.15) is 10.6 Å². The minimum atomic E-state index is -0.463. The van der Waals surface area contributed by atoms with Gasteiger partial charge in [0, 0.05) is 25.2 Å². The lowest BCUT2D eigenvalue weighted by atomic mass is 10.1. The highest BCUT2D eigenvalue weighted by Crippen LogP contribution is 2.13. The first-order chi connectivity index (χ1) is 12.0. The highest BCUT2D eigenvalue weighted by molar-refractivity contribution is 6.28. The number of rotatable bonds is 5. The Bertz CT molecular complexity index is 931. The summed E-state index contributed by atoms with van der Waals surface area (Å²) >= 11 is 5.75. The van der Waals surface area contributed by atoms with Gasteiger partial charge in [-0.2, -0.15) is 10.1 Å². The van der Waals surface area contributed by atoms with E-state index in [2.05, 4.69) is 20.5 Å². The third-order valence-electron chi connectivity index (χ3n) is 3.46. The molecule has 0 bridgehead atoms. The maximum Gasteiger partial charge on any atom is 0.291 e. The molecule has 0 aliphatic carbocycles. The van der Waals surface area contributed by atoms with Crippen LogP contribution >= 0.6 is 11.6 Å². The van der Waals surface area contributed by atoms with E-state index in [1.807, 2.05) is 30.3 Å². The van der Waals surface area contributed by atoms with Crippen molar-refractivity contribution in [2.75, 3.05) is 6.54 Å². The second-order valence-corrected chi connectivity index (χ2v) is 5.57. The van der Waals surface area contributed by atoms with Crippen molar-refractivity contribution in [3.8, 4) is 11.3 Å². The quantitative estimate of drug-likeness (QED) is 0.737. The predicted octanol–water partition coefficient (Wildman–Crippen LogP) is 1.12. The number of nitrogens with one attached hydrogen (secondary N) is 1. The summed E-state index contributed by atoms with van der Waals surface area (Å²) in [6, 6.07) is 12.7. The number of nitrogens with zero attached hydrogens (tertiary/aromatic N) is 5. The Balaban J connectivity index is 1.67. The molecule has 0 aliphatic heterocycles. The van der Waals surface area contributed by atoms with Gasteiger partial charge in [-0.15, -0.1) is 5.10 Å². The van der Waals surface area contributed by atoms with E-state index in [1.165, 1.54) is 15.4 Å². The molecule has 25 heavy (non-hydrogen) atoms. The van der Waals surface area contributed by atoms with Gasteiger partial charge in [0.2, 0.25) is 11.1 Å². The van der Waals surface area contributed by atoms with Crippen LogP contribution in [0.2, 0.25) is 5.28 Å². The highest BCUT2D eigenvalue weighted by Gasteiger charge is 2.13. The molecule has 2 aromatic heterocycles. The number of aryl methyl sites for hydroxylation is 1. The van der Waals surface area contributed by atoms with Crippen molar-refractivity contribution in [3.05, 3.63) is 63.9 Å². The molecule has 1 amide bonds. The molecule has 0 saturated carbocycles. The van der Waals surface area contributed by atoms with Crippen molar-refractivity contribution < 1.29 is 4.79 Å². The number of aromatic nitrogens is 5. The summed E-state index contributed by atoms with van der Waals surface area (Å²) in [6.45, 7) is 0.436. The molecule has 0 atom stereocenters. The summed E-state index contributed by atoms with van der Waals surface area (Å²) < 4.78 is 2.60. The Morgan fingerprint density at radius 1 is 1.16 bits per heavy atom. The summed E-state index contributed by atoms with van der Waals surface area (Å²) in [5, 5.41) is 11.0. The number of benzene rings is 1. The normalized spacial score (nSPS) is 10.6. The average molecular weight is 359 g/mol. The van der Waals surface area contributed by atoms with Gasteiger partial charge in [-0.25, -0.2) is 9.36 Å². The van der Waals surface area contributed by atoms with Crippen molar-refractivity contribution in [1.82, 2.24) is 29.9 Å². The van der Waals surface area contributed by atoms with Gasteiger partial charge < -0.3 is 5.32 Å². The van der Waals surface area contributed by atoms with E-state index < -0.39 is 5.91 Å². The number of carbonyl (C=O) groups is 1. The topological polar surface area (TPSA) is 94.7 Å². The fourth-order valence-corrected chi connectivity index (χ4v) is 2.31. The Hall–Kier alpha value is -3.00. The van der Waals surface area contributed by atoms with Crippen LogP contribution in [0.15, 0.2) is 47.3 Å². The van der Waals surface area contributed by atoms with Gasteiger partial charge in [-0.1, -0.05) is 30.3 Å². The van der Waals surface area contributed by atoms with Crippen molar-refractivity contribution in [3.63, 3.8) is 0 Å². The summed E-state index contributed by atoms with van der Waals surface area (Å²) in [5.74, 6) is -0.486. The zero-order chi connectivity index (χ0) is 17.8. The van der Waals surface area contributed by atoms with Crippen LogP contribution in [0.25, 0.3) is 11.3 Å². The fourth-order valence-electron chi connectivity index (χ4n) is 2.19. The monoisotopic (exact) mass is 358 g/mol. The van der Waals surface area contributed by atoms with E-state index >= 15 is 0 Å². The molecule has 8 nitrogen and oxygen atoms in total. The van der Waals surface area contributed by atoms with Crippen LogP contribution in [0.3, 0.4) is 0 Å². The molecule has 1 N–H and O–H groups in total. The van der Waals surface area contributed by atoms with E-state index in [-0.39, 0.29) is 29.8 Å². The van der Waals surface area contributed by atoms with Crippen molar-refractivity contribution >= 4 is 17.5 Å². The van der Waals surface area contributed by atoms with Crippen LogP contribution in [0.5, 0.6) is 0 Å². The van der Waals surface area contributed by atoms with Crippen molar-refractivity contribution in [2.24, 2.45) is 7.05 Å². The Morgan fingerprint density at radius 3 is 2.60 bits per heavy atom. The van der Waals surface area contributed by atoms with Crippen molar-refractivity contribution in [1.29, 1.82) is 0 Å². The maximum absolute atomic E-state index is 12.0. The lowest BCUT2D eigenvalue weighted by Crippen LogP contribution is -2.32. The van der Waals surface area contributed by atoms with E-state index in [9.17, 15) is 9.59 Å². The standard InChI is InChI=1S/C16H15ClN6O2/c1-22-16(17)19-14(21-22)15(25)18-9-10-23-13(24)8-7-12(20-23)11-5-3-2-4-6-11/h2-8H,9-10H2,1H3,(H,18,25). The first kappa shape index (κ1) is 16.8. The number of hydrogen-bond donors (Lipinski definition) is 1. The predicted molar refractivity (Wildman–Crippen MR) is 92.3 cm³/mol. The minimum Gasteiger partial charge on any atom is -0.347 e. The van der Waals surface area contributed by atoms with Crippen LogP contribution < -0.4 is 10.9 Å². The van der Waals surface area contributed by atoms with Gasteiger partial charge in [0.1, 0.15) is 0 Å². The summed E-state index contributed by atoms with van der Waals surface area (Å²) in [5.41, 5.74) is 1.35. The summed E-state index contributed by atoms with van der Waals surface area (Å²) in [6.07, 6.45) is 0. The first-order valence-electron chi connectivity index (χ1n) is 7.53. The second kappa shape index (κ2) is 7.27. The van der Waals surface area contributed by atoms with Crippen LogP contribution in [0.4, 0.5) is 0 Å². The number of hydrogen-bond acceptors (Lipinski definition) is 5. The lowest BCUT2D eigenvalue weighted by Gasteiger charge is -2.07. The Labute approximate surface area is 148 Å². The van der Waals surface area contributed by atoms with Crippen molar-refractivity contribution in [2.45, 2.75) is 6.54 Å². The average Bonchev–Trinajstić information content (AvgIpc) is 2.96. The molecule has 0 saturated heterocycles. The highest BCUT2D eigenvalue weighted by atomic mass is 35.5. The van der Waals surface area contributed by atoms with Gasteiger partial charge in [-0.05, 0) is 17.7 Å². The maximum atomic E-state index is 12.0. The van der Waals surface area contributed by atoms with Crippen LogP contribution in [0, 0.1) is 0 Å². The zero-order valence-electron chi connectivity index (χ0n) is 13.4. The molecular weight excluding hydrogens is 344 g/mol. The molecule has 9 heteroatoms. The molecule has 2 heterocycles. The first-order valence-corrected chi connectivity index (χ1v) is 7.91. The van der Waals surface area contributed by atoms with Gasteiger partial charge in [-0.3, -0.25) is 9.59 Å². The van der Waals surface area contributed by atoms with Gasteiger partial charge in [0.05, 0.1) is 12.2 Å². The summed E-state index contributed by atoms with van der Waals surface area (Å²) in [7, 11) is 1.59. The Morgan fingerprint density at radius 2 is 1.92 bits per heavy atom. The molecular formula is C16H15ClN6O2. The van der Waals surface area contributed by atoms with E-state index in [0.29, 0.717) is 5.69 Å². The molecule has 3 rings (SSSR count). The summed E-state index contributed by atoms with van der Waals surface area (Å²) in [4.78, 5) is 27.7. The SMILES string of the molecule is Cn1nc(C(=O)NCCn2nc(-c3ccccc3)ccc2=O)nc1Cl. The molecule has 0 fully saturated rings. The van der Waals surface area contributed by atoms with E-state index in [0.717, 1.165) is 5.56 Å². The largest absolute Gasteiger partial charge is 0.347 e. The second-order valence-electron chi connectivity index (χ2n) is 5.23. The molecule has 3 aromatic rings. The number of carbonyl (C=O) groups excluding carboxylic acids is 1. The molecule has 0 spiro atoms. The molecule has 0 aliphatic rings. The Kier molecular flexibility index (Phi) is 4.90. The van der Waals surface area contributed by atoms with Gasteiger partial charge >= 0.3 is 0 Å². The third kappa shape index (κ3) is 3.92. The number of halogens is 1. The van der Waals surface area contributed by atoms with Crippen LogP contribution in [-0.2, 0) is 13.6 Å². The number of amides is 1. The fraction of sp³-hybridized carbons (Fsp3) is 0.188.